The third-order valence-electron chi connectivity index (χ3n) is 3.82. The highest BCUT2D eigenvalue weighted by Crippen LogP contribution is 2.39. The Kier molecular flexibility index (Phi) is 4.06. The molecule has 0 saturated carbocycles. The van der Waals surface area contributed by atoms with Gasteiger partial charge in [-0.3, -0.25) is 0 Å². The summed E-state index contributed by atoms with van der Waals surface area (Å²) in [6.07, 6.45) is -0.764. The number of ether oxygens (including phenoxy) is 3. The number of hydrogen-bond donors (Lipinski definition) is 1. The van der Waals surface area contributed by atoms with Crippen LogP contribution in [-0.2, 0) is 14.2 Å². The number of carbonyl (C=O) groups excluding carboxylic acids is 1. The van der Waals surface area contributed by atoms with Gasteiger partial charge in [-0.2, -0.15) is 0 Å². The first-order chi connectivity index (χ1) is 11.3. The number of methoxy groups -OCH3 is 1. The first kappa shape index (κ1) is 16.5. The smallest absolute Gasteiger partial charge is 0.339 e. The molecule has 1 aliphatic heterocycles. The molecule has 0 atom stereocenters. The third-order valence-corrected chi connectivity index (χ3v) is 3.82. The Bertz CT molecular complexity index is 840. The highest BCUT2D eigenvalue weighted by molar-refractivity contribution is 6.05. The van der Waals surface area contributed by atoms with Crippen LogP contribution in [0.15, 0.2) is 27.4 Å². The zero-order valence-electron chi connectivity index (χ0n) is 13.6. The molecule has 0 radical (unpaired) electrons. The minimum absolute atomic E-state index is 0.0701. The first-order valence-electron chi connectivity index (χ1n) is 7.44. The van der Waals surface area contributed by atoms with Crippen molar-refractivity contribution in [2.45, 2.75) is 20.1 Å². The number of esters is 1. The lowest BCUT2D eigenvalue weighted by Gasteiger charge is -2.34. The van der Waals surface area contributed by atoms with Crippen LogP contribution in [0.5, 0.6) is 5.75 Å². The van der Waals surface area contributed by atoms with Crippen molar-refractivity contribution in [3.8, 4) is 5.75 Å². The maximum Gasteiger partial charge on any atom is 0.339 e. The van der Waals surface area contributed by atoms with Crippen molar-refractivity contribution < 1.29 is 28.5 Å². The van der Waals surface area contributed by atoms with E-state index < -0.39 is 17.9 Å². The fraction of sp³-hybridized carbons (Fsp3) is 0.412. The Balaban J connectivity index is 2.12. The molecule has 7 nitrogen and oxygen atoms in total. The highest BCUT2D eigenvalue weighted by atomic mass is 16.7. The van der Waals surface area contributed by atoms with Crippen LogP contribution in [0, 0.1) is 5.41 Å². The molecule has 2 heterocycles. The summed E-state index contributed by atoms with van der Waals surface area (Å²) in [6, 6.07) is 4.03. The molecule has 128 valence electrons. The van der Waals surface area contributed by atoms with Gasteiger partial charge in [0.25, 0.3) is 0 Å². The molecule has 1 N–H and O–H groups in total. The average Bonchev–Trinajstić information content (AvgIpc) is 2.54. The van der Waals surface area contributed by atoms with E-state index in [2.05, 4.69) is 4.74 Å². The Morgan fingerprint density at radius 2 is 1.96 bits per heavy atom. The molecule has 0 amide bonds. The SMILES string of the molecule is COC(=O)c1cc(=O)oc2ccc(C3OCC(C)(C)CO3)c(O)c12. The molecule has 2 aromatic rings. The summed E-state index contributed by atoms with van der Waals surface area (Å²) in [5, 5.41) is 10.7. The number of fused-ring (bicyclic) bond motifs is 1. The van der Waals surface area contributed by atoms with Crippen LogP contribution in [-0.4, -0.2) is 31.4 Å². The monoisotopic (exact) mass is 334 g/mol. The topological polar surface area (TPSA) is 95.2 Å². The molecule has 0 spiro atoms. The van der Waals surface area contributed by atoms with Crippen LogP contribution < -0.4 is 5.63 Å². The number of phenols is 1. The van der Waals surface area contributed by atoms with Gasteiger partial charge in [0.2, 0.25) is 0 Å². The van der Waals surface area contributed by atoms with E-state index in [1.807, 2.05) is 13.8 Å². The molecule has 1 aliphatic rings. The van der Waals surface area contributed by atoms with Gasteiger partial charge in [0, 0.05) is 11.5 Å². The van der Waals surface area contributed by atoms with Gasteiger partial charge in [-0.1, -0.05) is 13.8 Å². The Hall–Kier alpha value is -2.38. The summed E-state index contributed by atoms with van der Waals surface area (Å²) in [5.74, 6) is -0.978. The standard InChI is InChI=1S/C17H18O7/c1-17(2)7-22-16(23-8-17)9-4-5-11-13(14(9)19)10(15(20)21-3)6-12(18)24-11/h4-6,16,19H,7-8H2,1-3H3. The third kappa shape index (κ3) is 2.88. The summed E-state index contributed by atoms with van der Waals surface area (Å²) in [4.78, 5) is 23.5. The maximum absolute atomic E-state index is 11.9. The Labute approximate surface area is 137 Å². The van der Waals surface area contributed by atoms with Crippen LogP contribution in [0.4, 0.5) is 0 Å². The summed E-state index contributed by atoms with van der Waals surface area (Å²) < 4.78 is 21.1. The number of hydrogen-bond acceptors (Lipinski definition) is 7. The summed E-state index contributed by atoms with van der Waals surface area (Å²) >= 11 is 0. The second-order valence-corrected chi connectivity index (χ2v) is 6.47. The number of aromatic hydroxyl groups is 1. The molecule has 1 aromatic carbocycles. The van der Waals surface area contributed by atoms with Gasteiger partial charge in [-0.25, -0.2) is 9.59 Å². The van der Waals surface area contributed by atoms with Gasteiger partial charge in [0.05, 0.1) is 36.8 Å². The summed E-state index contributed by atoms with van der Waals surface area (Å²) in [5.41, 5.74) is -0.453. The summed E-state index contributed by atoms with van der Waals surface area (Å²) in [7, 11) is 1.19. The van der Waals surface area contributed by atoms with E-state index in [0.29, 0.717) is 18.8 Å². The molecule has 24 heavy (non-hydrogen) atoms. The lowest BCUT2D eigenvalue weighted by molar-refractivity contribution is -0.226. The van der Waals surface area contributed by atoms with Gasteiger partial charge in [0.15, 0.2) is 6.29 Å². The normalized spacial score (nSPS) is 17.8. The molecule has 7 heteroatoms. The Morgan fingerprint density at radius 1 is 1.29 bits per heavy atom. The van der Waals surface area contributed by atoms with Crippen molar-refractivity contribution in [2.75, 3.05) is 20.3 Å². The van der Waals surface area contributed by atoms with E-state index in [0.717, 1.165) is 6.07 Å². The van der Waals surface area contributed by atoms with Crippen molar-refractivity contribution >= 4 is 16.9 Å². The lowest BCUT2D eigenvalue weighted by Crippen LogP contribution is -2.33. The van der Waals surface area contributed by atoms with Gasteiger partial charge >= 0.3 is 11.6 Å². The molecule has 1 aromatic heterocycles. The van der Waals surface area contributed by atoms with Crippen molar-refractivity contribution in [1.29, 1.82) is 0 Å². The van der Waals surface area contributed by atoms with Crippen molar-refractivity contribution in [1.82, 2.24) is 0 Å². The van der Waals surface area contributed by atoms with Crippen molar-refractivity contribution in [2.24, 2.45) is 5.41 Å². The molecular weight excluding hydrogens is 316 g/mol. The predicted octanol–water partition coefficient (Wildman–Crippen LogP) is 2.36. The molecule has 0 unspecified atom stereocenters. The van der Waals surface area contributed by atoms with Crippen LogP contribution >= 0.6 is 0 Å². The van der Waals surface area contributed by atoms with E-state index >= 15 is 0 Å². The van der Waals surface area contributed by atoms with Crippen LogP contribution in [0.3, 0.4) is 0 Å². The zero-order valence-corrected chi connectivity index (χ0v) is 13.6. The number of benzene rings is 1. The molecule has 0 bridgehead atoms. The number of phenolic OH excluding ortho intramolecular Hbond substituents is 1. The fourth-order valence-electron chi connectivity index (χ4n) is 2.60. The van der Waals surface area contributed by atoms with E-state index in [9.17, 15) is 14.7 Å². The zero-order chi connectivity index (χ0) is 17.5. The highest BCUT2D eigenvalue weighted by Gasteiger charge is 2.31. The maximum atomic E-state index is 11.9. The van der Waals surface area contributed by atoms with Crippen LogP contribution in [0.2, 0.25) is 0 Å². The van der Waals surface area contributed by atoms with Crippen molar-refractivity contribution in [3.05, 3.63) is 39.7 Å². The fourth-order valence-corrected chi connectivity index (χ4v) is 2.60. The number of carbonyl (C=O) groups is 1. The van der Waals surface area contributed by atoms with Crippen LogP contribution in [0.25, 0.3) is 11.0 Å². The largest absolute Gasteiger partial charge is 0.507 e. The van der Waals surface area contributed by atoms with Crippen molar-refractivity contribution in [3.63, 3.8) is 0 Å². The molecule has 1 saturated heterocycles. The van der Waals surface area contributed by atoms with E-state index in [1.165, 1.54) is 13.2 Å². The van der Waals surface area contributed by atoms with Gasteiger partial charge in [-0.15, -0.1) is 0 Å². The molecule has 0 aliphatic carbocycles. The quantitative estimate of drug-likeness (QED) is 0.665. The summed E-state index contributed by atoms with van der Waals surface area (Å²) in [6.45, 7) is 4.94. The van der Waals surface area contributed by atoms with E-state index in [1.54, 1.807) is 6.07 Å². The van der Waals surface area contributed by atoms with Gasteiger partial charge in [0.1, 0.15) is 11.3 Å². The Morgan fingerprint density at radius 3 is 2.58 bits per heavy atom. The van der Waals surface area contributed by atoms with E-state index in [-0.39, 0.29) is 27.7 Å². The predicted molar refractivity (Wildman–Crippen MR) is 83.9 cm³/mol. The van der Waals surface area contributed by atoms with E-state index in [4.69, 9.17) is 13.9 Å². The molecule has 3 rings (SSSR count). The number of rotatable bonds is 2. The second kappa shape index (κ2) is 5.92. The van der Waals surface area contributed by atoms with Gasteiger partial charge in [-0.05, 0) is 12.1 Å². The first-order valence-corrected chi connectivity index (χ1v) is 7.44. The van der Waals surface area contributed by atoms with Crippen LogP contribution in [0.1, 0.15) is 36.1 Å². The lowest BCUT2D eigenvalue weighted by atomic mass is 9.95. The second-order valence-electron chi connectivity index (χ2n) is 6.47. The molecular formula is C17H18O7. The molecule has 1 fully saturated rings. The minimum Gasteiger partial charge on any atom is -0.507 e. The minimum atomic E-state index is -0.764. The average molecular weight is 334 g/mol. The van der Waals surface area contributed by atoms with Gasteiger partial charge < -0.3 is 23.7 Å².